The van der Waals surface area contributed by atoms with Crippen molar-refractivity contribution < 1.29 is 14.3 Å². The Hall–Kier alpha value is -1.76. The Morgan fingerprint density at radius 3 is 2.72 bits per heavy atom. The molecule has 3 rings (SSSR count). The van der Waals surface area contributed by atoms with E-state index in [1.54, 1.807) is 0 Å². The first-order valence-corrected chi connectivity index (χ1v) is 8.78. The zero-order valence-electron chi connectivity index (χ0n) is 14.7. The molecule has 0 radical (unpaired) electrons. The van der Waals surface area contributed by atoms with Crippen LogP contribution in [0.5, 0.6) is 0 Å². The fourth-order valence-electron chi connectivity index (χ4n) is 4.18. The van der Waals surface area contributed by atoms with Gasteiger partial charge in [0, 0.05) is 12.1 Å². The van der Waals surface area contributed by atoms with Gasteiger partial charge in [-0.1, -0.05) is 31.2 Å². The summed E-state index contributed by atoms with van der Waals surface area (Å²) in [6, 6.07) is 7.69. The van der Waals surface area contributed by atoms with E-state index < -0.39 is 0 Å². The molecule has 0 saturated heterocycles. The number of nitrogens with one attached hydrogen (secondary N) is 1. The van der Waals surface area contributed by atoms with Crippen molar-refractivity contribution >= 4 is 11.9 Å². The van der Waals surface area contributed by atoms with Gasteiger partial charge in [-0.05, 0) is 58.7 Å². The van der Waals surface area contributed by atoms with E-state index in [9.17, 15) is 4.53 Å². The minimum atomic E-state index is -0.0307. The fourth-order valence-corrected chi connectivity index (χ4v) is 4.18. The van der Waals surface area contributed by atoms with E-state index in [-0.39, 0.29) is 6.61 Å². The standard InChI is InChI=1S/C19H26FN3O2/c1-12-7-16(8-17(12)11-25-21)18-9-22-23-19(13(18)2)15-5-3-14(4-6-15)10-24-20/h3-6,9,12,16-18,23H,7-8,10-11,21H2,1-2H3. The molecular formula is C19H26FN3O2. The van der Waals surface area contributed by atoms with Gasteiger partial charge >= 0.3 is 0 Å². The number of hydrogen-bond acceptors (Lipinski definition) is 5. The predicted molar refractivity (Wildman–Crippen MR) is 95.6 cm³/mol. The number of halogens is 1. The minimum Gasteiger partial charge on any atom is -0.304 e. The molecule has 6 heteroatoms. The maximum absolute atomic E-state index is 12.0. The molecule has 0 spiro atoms. The largest absolute Gasteiger partial charge is 0.304 e. The van der Waals surface area contributed by atoms with Crippen molar-refractivity contribution in [2.45, 2.75) is 33.3 Å². The molecule has 1 aliphatic heterocycles. The van der Waals surface area contributed by atoms with Crippen LogP contribution in [0, 0.1) is 23.7 Å². The average Bonchev–Trinajstić information content (AvgIpc) is 2.97. The average molecular weight is 347 g/mol. The topological polar surface area (TPSA) is 68.9 Å². The second-order valence-electron chi connectivity index (χ2n) is 7.23. The molecule has 1 saturated carbocycles. The van der Waals surface area contributed by atoms with Gasteiger partial charge < -0.3 is 4.84 Å². The molecule has 136 valence electrons. The normalized spacial score (nSPS) is 29.1. The van der Waals surface area contributed by atoms with Crippen molar-refractivity contribution in [1.29, 1.82) is 0 Å². The fraction of sp³-hybridized carbons (Fsp3) is 0.526. The Morgan fingerprint density at radius 1 is 1.28 bits per heavy atom. The van der Waals surface area contributed by atoms with Gasteiger partial charge in [0.05, 0.1) is 12.3 Å². The number of rotatable bonds is 6. The molecule has 0 bridgehead atoms. The van der Waals surface area contributed by atoms with E-state index in [1.165, 1.54) is 5.57 Å². The molecule has 3 N–H and O–H groups in total. The number of hydrazone groups is 1. The molecule has 2 aliphatic rings. The first-order valence-electron chi connectivity index (χ1n) is 8.78. The van der Waals surface area contributed by atoms with Crippen LogP contribution in [0.2, 0.25) is 0 Å². The zero-order valence-corrected chi connectivity index (χ0v) is 14.7. The minimum absolute atomic E-state index is 0.0307. The summed E-state index contributed by atoms with van der Waals surface area (Å²) in [5, 5.41) is 4.39. The first kappa shape index (κ1) is 18.0. The van der Waals surface area contributed by atoms with Crippen molar-refractivity contribution in [3.63, 3.8) is 0 Å². The van der Waals surface area contributed by atoms with Gasteiger partial charge in [0.2, 0.25) is 0 Å². The van der Waals surface area contributed by atoms with Crippen LogP contribution >= 0.6 is 0 Å². The molecular weight excluding hydrogens is 321 g/mol. The summed E-state index contributed by atoms with van der Waals surface area (Å²) in [4.78, 5) is 8.57. The third kappa shape index (κ3) is 3.92. The lowest BCUT2D eigenvalue weighted by Crippen LogP contribution is -2.25. The van der Waals surface area contributed by atoms with Gasteiger partial charge in [-0.25, -0.2) is 5.90 Å². The molecule has 1 aromatic carbocycles. The Kier molecular flexibility index (Phi) is 5.83. The number of hydrogen-bond donors (Lipinski definition) is 2. The van der Waals surface area contributed by atoms with E-state index in [2.05, 4.69) is 29.3 Å². The summed E-state index contributed by atoms with van der Waals surface area (Å²) < 4.78 is 12.0. The first-order chi connectivity index (χ1) is 12.1. The van der Waals surface area contributed by atoms with E-state index in [1.807, 2.05) is 30.5 Å². The van der Waals surface area contributed by atoms with Crippen molar-refractivity contribution in [2.24, 2.45) is 34.7 Å². The molecule has 1 aromatic rings. The Balaban J connectivity index is 1.78. The molecule has 1 fully saturated rings. The Morgan fingerprint density at radius 2 is 2.04 bits per heavy atom. The van der Waals surface area contributed by atoms with Gasteiger partial charge in [0.25, 0.3) is 0 Å². The lowest BCUT2D eigenvalue weighted by molar-refractivity contribution is -0.144. The van der Waals surface area contributed by atoms with Crippen molar-refractivity contribution in [3.8, 4) is 0 Å². The van der Waals surface area contributed by atoms with Crippen LogP contribution in [0.25, 0.3) is 5.70 Å². The lowest BCUT2D eigenvalue weighted by Gasteiger charge is -2.27. The zero-order chi connectivity index (χ0) is 17.8. The van der Waals surface area contributed by atoms with E-state index >= 15 is 0 Å². The van der Waals surface area contributed by atoms with Gasteiger partial charge in [-0.2, -0.15) is 10.0 Å². The SMILES string of the molecule is CC1=C(c2ccc(COF)cc2)NN=CC1C1CC(C)C(CON)C1. The van der Waals surface area contributed by atoms with E-state index in [0.29, 0.717) is 30.3 Å². The van der Waals surface area contributed by atoms with Crippen LogP contribution in [-0.2, 0) is 16.4 Å². The lowest BCUT2D eigenvalue weighted by atomic mass is 9.83. The van der Waals surface area contributed by atoms with Gasteiger partial charge in [0.1, 0.15) is 6.61 Å². The van der Waals surface area contributed by atoms with Gasteiger partial charge in [-0.3, -0.25) is 5.43 Å². The smallest absolute Gasteiger partial charge is 0.113 e. The highest BCUT2D eigenvalue weighted by atomic mass is 19.3. The second kappa shape index (κ2) is 8.08. The number of allylic oxidation sites excluding steroid dienone is 1. The monoisotopic (exact) mass is 347 g/mol. The summed E-state index contributed by atoms with van der Waals surface area (Å²) in [5.41, 5.74) is 7.31. The van der Waals surface area contributed by atoms with Crippen LogP contribution in [0.15, 0.2) is 34.9 Å². The summed E-state index contributed by atoms with van der Waals surface area (Å²) in [6.45, 7) is 5.02. The molecule has 1 aliphatic carbocycles. The van der Waals surface area contributed by atoms with E-state index in [4.69, 9.17) is 10.7 Å². The highest BCUT2D eigenvalue weighted by Gasteiger charge is 2.37. The third-order valence-corrected chi connectivity index (χ3v) is 5.67. The van der Waals surface area contributed by atoms with Gasteiger partial charge in [-0.15, -0.1) is 0 Å². The number of benzene rings is 1. The number of nitrogens with two attached hydrogens (primary N) is 1. The summed E-state index contributed by atoms with van der Waals surface area (Å²) in [7, 11) is 0. The Bertz CT molecular complexity index is 645. The van der Waals surface area contributed by atoms with Crippen molar-refractivity contribution in [2.75, 3.05) is 6.61 Å². The molecule has 0 amide bonds. The molecule has 4 unspecified atom stereocenters. The van der Waals surface area contributed by atoms with Crippen LogP contribution in [-0.4, -0.2) is 12.8 Å². The predicted octanol–water partition coefficient (Wildman–Crippen LogP) is 3.58. The number of nitrogens with zero attached hydrogens (tertiary/aromatic N) is 1. The molecule has 1 heterocycles. The third-order valence-electron chi connectivity index (χ3n) is 5.67. The van der Waals surface area contributed by atoms with E-state index in [0.717, 1.165) is 29.7 Å². The van der Waals surface area contributed by atoms with Crippen LogP contribution in [0.1, 0.15) is 37.8 Å². The summed E-state index contributed by atoms with van der Waals surface area (Å²) in [5.74, 6) is 7.26. The molecule has 25 heavy (non-hydrogen) atoms. The highest BCUT2D eigenvalue weighted by molar-refractivity contribution is 5.78. The molecule has 4 atom stereocenters. The van der Waals surface area contributed by atoms with Crippen molar-refractivity contribution in [1.82, 2.24) is 5.43 Å². The van der Waals surface area contributed by atoms with Crippen LogP contribution < -0.4 is 11.3 Å². The molecule has 5 nitrogen and oxygen atoms in total. The maximum Gasteiger partial charge on any atom is 0.113 e. The maximum atomic E-state index is 12.0. The summed E-state index contributed by atoms with van der Waals surface area (Å²) in [6.07, 6.45) is 4.28. The Labute approximate surface area is 147 Å². The van der Waals surface area contributed by atoms with Crippen molar-refractivity contribution in [3.05, 3.63) is 41.0 Å². The summed E-state index contributed by atoms with van der Waals surface area (Å²) >= 11 is 0. The van der Waals surface area contributed by atoms with Crippen LogP contribution in [0.4, 0.5) is 4.53 Å². The molecule has 0 aromatic heterocycles. The second-order valence-corrected chi connectivity index (χ2v) is 7.23. The highest BCUT2D eigenvalue weighted by Crippen LogP contribution is 2.43. The van der Waals surface area contributed by atoms with Crippen LogP contribution in [0.3, 0.4) is 0 Å². The quantitative estimate of drug-likeness (QED) is 0.772. The van der Waals surface area contributed by atoms with Gasteiger partial charge in [0.15, 0.2) is 0 Å².